The molecule has 0 aromatic heterocycles. The summed E-state index contributed by atoms with van der Waals surface area (Å²) >= 11 is 0. The Morgan fingerprint density at radius 1 is 1.26 bits per heavy atom. The van der Waals surface area contributed by atoms with Gasteiger partial charge in [0.15, 0.2) is 17.4 Å². The SMILES string of the molecule is CCCNCc1cc(F)c(OCCC2CC2)c(F)c1. The molecule has 1 fully saturated rings. The second-order valence-electron chi connectivity index (χ2n) is 5.15. The zero-order valence-corrected chi connectivity index (χ0v) is 11.3. The van der Waals surface area contributed by atoms with Gasteiger partial charge in [-0.25, -0.2) is 8.78 Å². The fraction of sp³-hybridized carbons (Fsp3) is 0.600. The molecular weight excluding hydrogens is 248 g/mol. The summed E-state index contributed by atoms with van der Waals surface area (Å²) in [4.78, 5) is 0. The van der Waals surface area contributed by atoms with Gasteiger partial charge in [-0.2, -0.15) is 0 Å². The summed E-state index contributed by atoms with van der Waals surface area (Å²) in [5, 5.41) is 3.12. The maximum absolute atomic E-state index is 13.8. The summed E-state index contributed by atoms with van der Waals surface area (Å²) in [6, 6.07) is 2.69. The molecule has 0 aliphatic heterocycles. The molecule has 0 unspecified atom stereocenters. The molecule has 0 spiro atoms. The van der Waals surface area contributed by atoms with Crippen LogP contribution in [0.3, 0.4) is 0 Å². The molecule has 1 aromatic carbocycles. The first-order chi connectivity index (χ1) is 9.20. The van der Waals surface area contributed by atoms with E-state index in [-0.39, 0.29) is 5.75 Å². The normalized spacial score (nSPS) is 14.7. The molecule has 4 heteroatoms. The number of nitrogens with one attached hydrogen (secondary N) is 1. The fourth-order valence-electron chi connectivity index (χ4n) is 2.00. The van der Waals surface area contributed by atoms with Gasteiger partial charge < -0.3 is 10.1 Å². The standard InChI is InChI=1S/C15H21F2NO/c1-2-6-18-10-12-8-13(16)15(14(17)9-12)19-7-5-11-3-4-11/h8-9,11,18H,2-7,10H2,1H3. The first kappa shape index (κ1) is 14.3. The van der Waals surface area contributed by atoms with Crippen molar-refractivity contribution < 1.29 is 13.5 Å². The van der Waals surface area contributed by atoms with Crippen molar-refractivity contribution in [2.75, 3.05) is 13.2 Å². The molecule has 0 atom stereocenters. The molecule has 0 radical (unpaired) electrons. The summed E-state index contributed by atoms with van der Waals surface area (Å²) in [5.74, 6) is -0.753. The fourth-order valence-corrected chi connectivity index (χ4v) is 2.00. The molecule has 2 nitrogen and oxygen atoms in total. The summed E-state index contributed by atoms with van der Waals surface area (Å²) in [6.07, 6.45) is 4.32. The average Bonchev–Trinajstić information content (AvgIpc) is 3.17. The third-order valence-corrected chi connectivity index (χ3v) is 3.28. The van der Waals surface area contributed by atoms with Gasteiger partial charge in [-0.1, -0.05) is 19.8 Å². The van der Waals surface area contributed by atoms with Crippen LogP contribution in [0.5, 0.6) is 5.75 Å². The Morgan fingerprint density at radius 3 is 2.53 bits per heavy atom. The summed E-state index contributed by atoms with van der Waals surface area (Å²) in [7, 11) is 0. The molecule has 0 heterocycles. The van der Waals surface area contributed by atoms with E-state index in [9.17, 15) is 8.78 Å². The van der Waals surface area contributed by atoms with E-state index in [1.54, 1.807) is 0 Å². The second kappa shape index (κ2) is 6.85. The van der Waals surface area contributed by atoms with Crippen LogP contribution >= 0.6 is 0 Å². The Balaban J connectivity index is 1.91. The summed E-state index contributed by atoms with van der Waals surface area (Å²) in [6.45, 7) is 3.75. The summed E-state index contributed by atoms with van der Waals surface area (Å²) in [5.41, 5.74) is 0.609. The quantitative estimate of drug-likeness (QED) is 0.727. The van der Waals surface area contributed by atoms with Crippen LogP contribution in [0.15, 0.2) is 12.1 Å². The van der Waals surface area contributed by atoms with Crippen LogP contribution in [-0.2, 0) is 6.54 Å². The van der Waals surface area contributed by atoms with E-state index in [0.717, 1.165) is 19.4 Å². The molecule has 1 saturated carbocycles. The van der Waals surface area contributed by atoms with Gasteiger partial charge in [0.05, 0.1) is 6.61 Å². The highest BCUT2D eigenvalue weighted by Crippen LogP contribution is 2.32. The molecule has 106 valence electrons. The minimum atomic E-state index is -0.607. The van der Waals surface area contributed by atoms with E-state index in [4.69, 9.17) is 4.74 Å². The average molecular weight is 269 g/mol. The smallest absolute Gasteiger partial charge is 0.190 e. The van der Waals surface area contributed by atoms with E-state index in [1.807, 2.05) is 6.92 Å². The van der Waals surface area contributed by atoms with Gasteiger partial charge in [-0.05, 0) is 43.0 Å². The second-order valence-corrected chi connectivity index (χ2v) is 5.15. The highest BCUT2D eigenvalue weighted by Gasteiger charge is 2.21. The number of halogens is 2. The number of rotatable bonds is 8. The molecule has 1 aliphatic carbocycles. The van der Waals surface area contributed by atoms with Crippen LogP contribution in [0.2, 0.25) is 0 Å². The predicted octanol–water partition coefficient (Wildman–Crippen LogP) is 3.64. The molecule has 0 saturated heterocycles. The van der Waals surface area contributed by atoms with Crippen LogP contribution < -0.4 is 10.1 Å². The zero-order valence-electron chi connectivity index (χ0n) is 11.3. The van der Waals surface area contributed by atoms with Gasteiger partial charge in [0.1, 0.15) is 0 Å². The van der Waals surface area contributed by atoms with E-state index in [2.05, 4.69) is 5.32 Å². The van der Waals surface area contributed by atoms with Gasteiger partial charge >= 0.3 is 0 Å². The molecular formula is C15H21F2NO. The van der Waals surface area contributed by atoms with Gasteiger partial charge in [-0.15, -0.1) is 0 Å². The van der Waals surface area contributed by atoms with Crippen molar-refractivity contribution in [3.63, 3.8) is 0 Å². The monoisotopic (exact) mass is 269 g/mol. The molecule has 0 amide bonds. The Bertz CT molecular complexity index is 396. The van der Waals surface area contributed by atoms with Crippen LogP contribution in [-0.4, -0.2) is 13.2 Å². The summed E-state index contributed by atoms with van der Waals surface area (Å²) < 4.78 is 32.8. The number of hydrogen-bond acceptors (Lipinski definition) is 2. The maximum Gasteiger partial charge on any atom is 0.190 e. The Labute approximate surface area is 113 Å². The van der Waals surface area contributed by atoms with Crippen molar-refractivity contribution in [2.45, 2.75) is 39.2 Å². The van der Waals surface area contributed by atoms with Gasteiger partial charge in [0.2, 0.25) is 0 Å². The minimum absolute atomic E-state index is 0.236. The van der Waals surface area contributed by atoms with E-state index >= 15 is 0 Å². The predicted molar refractivity (Wildman–Crippen MR) is 71.2 cm³/mol. The minimum Gasteiger partial charge on any atom is -0.488 e. The van der Waals surface area contributed by atoms with Crippen molar-refractivity contribution in [1.82, 2.24) is 5.32 Å². The Kier molecular flexibility index (Phi) is 5.14. The Morgan fingerprint density at radius 2 is 1.95 bits per heavy atom. The van der Waals surface area contributed by atoms with Gasteiger partial charge in [0, 0.05) is 6.54 Å². The van der Waals surface area contributed by atoms with Gasteiger partial charge in [0.25, 0.3) is 0 Å². The van der Waals surface area contributed by atoms with Crippen molar-refractivity contribution in [2.24, 2.45) is 5.92 Å². The molecule has 1 aromatic rings. The third-order valence-electron chi connectivity index (χ3n) is 3.28. The van der Waals surface area contributed by atoms with Gasteiger partial charge in [-0.3, -0.25) is 0 Å². The largest absolute Gasteiger partial charge is 0.488 e. The molecule has 2 rings (SSSR count). The number of hydrogen-bond donors (Lipinski definition) is 1. The van der Waals surface area contributed by atoms with Crippen molar-refractivity contribution in [3.8, 4) is 5.75 Å². The van der Waals surface area contributed by atoms with Crippen molar-refractivity contribution >= 4 is 0 Å². The topological polar surface area (TPSA) is 21.3 Å². The zero-order chi connectivity index (χ0) is 13.7. The molecule has 19 heavy (non-hydrogen) atoms. The highest BCUT2D eigenvalue weighted by atomic mass is 19.1. The lowest BCUT2D eigenvalue weighted by Gasteiger charge is -2.10. The van der Waals surface area contributed by atoms with Crippen LogP contribution in [0.25, 0.3) is 0 Å². The number of benzene rings is 1. The van der Waals surface area contributed by atoms with Crippen molar-refractivity contribution in [1.29, 1.82) is 0 Å². The van der Waals surface area contributed by atoms with E-state index < -0.39 is 11.6 Å². The first-order valence-corrected chi connectivity index (χ1v) is 7.02. The third kappa shape index (κ3) is 4.46. The lowest BCUT2D eigenvalue weighted by atomic mass is 10.2. The number of ether oxygens (including phenoxy) is 1. The lowest BCUT2D eigenvalue weighted by Crippen LogP contribution is -2.14. The molecule has 0 bridgehead atoms. The maximum atomic E-state index is 13.8. The van der Waals surface area contributed by atoms with E-state index in [1.165, 1.54) is 25.0 Å². The van der Waals surface area contributed by atoms with Crippen LogP contribution in [0.1, 0.15) is 38.2 Å². The highest BCUT2D eigenvalue weighted by molar-refractivity contribution is 5.31. The van der Waals surface area contributed by atoms with Crippen LogP contribution in [0, 0.1) is 17.6 Å². The lowest BCUT2D eigenvalue weighted by molar-refractivity contribution is 0.273. The van der Waals surface area contributed by atoms with Crippen LogP contribution in [0.4, 0.5) is 8.78 Å². The molecule has 1 N–H and O–H groups in total. The molecule has 1 aliphatic rings. The first-order valence-electron chi connectivity index (χ1n) is 7.02. The van der Waals surface area contributed by atoms with E-state index in [0.29, 0.717) is 24.6 Å². The van der Waals surface area contributed by atoms with Crippen molar-refractivity contribution in [3.05, 3.63) is 29.3 Å². The Hall–Kier alpha value is -1.16.